The molecule has 1 aromatic rings. The summed E-state index contributed by atoms with van der Waals surface area (Å²) in [5.41, 5.74) is 0.629. The lowest BCUT2D eigenvalue weighted by Crippen LogP contribution is -2.42. The Labute approximate surface area is 94.1 Å². The molecule has 0 aromatic heterocycles. The molecular weight excluding hydrogens is 206 g/mol. The molecule has 4 nitrogen and oxygen atoms in total. The molecule has 2 rings (SSSR count). The van der Waals surface area contributed by atoms with Gasteiger partial charge in [-0.25, -0.2) is 0 Å². The largest absolute Gasteiger partial charge is 0.395 e. The van der Waals surface area contributed by atoms with E-state index in [1.54, 1.807) is 6.07 Å². The molecule has 0 saturated carbocycles. The normalized spacial score (nSPS) is 23.7. The summed E-state index contributed by atoms with van der Waals surface area (Å²) < 4.78 is 0. The smallest absolute Gasteiger partial charge is 0.241 e. The molecule has 1 atom stereocenters. The number of nitrogens with zero attached hydrogens (tertiary/aromatic N) is 1. The van der Waals surface area contributed by atoms with Crippen LogP contribution in [0.5, 0.6) is 0 Å². The molecule has 0 radical (unpaired) electrons. The van der Waals surface area contributed by atoms with Crippen LogP contribution in [0.3, 0.4) is 0 Å². The molecule has 1 heterocycles. The maximum absolute atomic E-state index is 12.2. The highest BCUT2D eigenvalue weighted by Crippen LogP contribution is 2.43. The van der Waals surface area contributed by atoms with Gasteiger partial charge in [0.25, 0.3) is 0 Å². The third kappa shape index (κ3) is 1.20. The molecule has 1 aliphatic heterocycles. The van der Waals surface area contributed by atoms with Crippen molar-refractivity contribution >= 4 is 11.6 Å². The van der Waals surface area contributed by atoms with Crippen LogP contribution in [0, 0.1) is 0 Å². The van der Waals surface area contributed by atoms with Crippen molar-refractivity contribution in [3.8, 4) is 0 Å². The predicted octanol–water partition coefficient (Wildman–Crippen LogP) is 0.623. The Morgan fingerprint density at radius 3 is 2.56 bits per heavy atom. The molecule has 86 valence electrons. The molecular formula is C12H15NO3. The Morgan fingerprint density at radius 1 is 1.31 bits per heavy atom. The van der Waals surface area contributed by atoms with E-state index in [1.165, 1.54) is 4.90 Å². The van der Waals surface area contributed by atoms with Crippen LogP contribution in [0.15, 0.2) is 24.3 Å². The maximum Gasteiger partial charge on any atom is 0.241 e. The third-order valence-corrected chi connectivity index (χ3v) is 3.38. The molecule has 0 spiro atoms. The lowest BCUT2D eigenvalue weighted by Gasteiger charge is -2.24. The Morgan fingerprint density at radius 2 is 2.00 bits per heavy atom. The van der Waals surface area contributed by atoms with Crippen LogP contribution in [0.4, 0.5) is 5.69 Å². The maximum atomic E-state index is 12.2. The van der Waals surface area contributed by atoms with Gasteiger partial charge in [-0.3, -0.25) is 9.69 Å². The van der Waals surface area contributed by atoms with Gasteiger partial charge in [-0.2, -0.15) is 0 Å². The van der Waals surface area contributed by atoms with E-state index in [0.717, 1.165) is 5.56 Å². The predicted molar refractivity (Wildman–Crippen MR) is 60.1 cm³/mol. The SMILES string of the molecule is CCC1(CO)C(=O)N(CO)c2ccccc21. The first kappa shape index (κ1) is 11.1. The van der Waals surface area contributed by atoms with Gasteiger partial charge in [0.05, 0.1) is 17.7 Å². The number of benzene rings is 1. The second kappa shape index (κ2) is 3.88. The summed E-state index contributed by atoms with van der Waals surface area (Å²) in [6.07, 6.45) is 0.524. The van der Waals surface area contributed by atoms with E-state index in [-0.39, 0.29) is 19.2 Å². The van der Waals surface area contributed by atoms with Crippen molar-refractivity contribution in [3.63, 3.8) is 0 Å². The molecule has 1 aromatic carbocycles. The van der Waals surface area contributed by atoms with E-state index in [9.17, 15) is 15.0 Å². The van der Waals surface area contributed by atoms with Gasteiger partial charge in [0.15, 0.2) is 0 Å². The summed E-state index contributed by atoms with van der Waals surface area (Å²) in [4.78, 5) is 13.5. The minimum atomic E-state index is -0.876. The van der Waals surface area contributed by atoms with Crippen LogP contribution in [0.25, 0.3) is 0 Å². The van der Waals surface area contributed by atoms with Crippen LogP contribution in [0.2, 0.25) is 0 Å². The zero-order valence-electron chi connectivity index (χ0n) is 9.18. The first-order chi connectivity index (χ1) is 7.71. The molecule has 1 amide bonds. The standard InChI is InChI=1S/C12H15NO3/c1-2-12(7-14)9-5-3-4-6-10(9)13(8-15)11(12)16/h3-6,14-15H,2,7-8H2,1H3. The van der Waals surface area contributed by atoms with Crippen molar-refractivity contribution in [2.75, 3.05) is 18.2 Å². The summed E-state index contributed by atoms with van der Waals surface area (Å²) in [6, 6.07) is 7.28. The fourth-order valence-electron chi connectivity index (χ4n) is 2.34. The van der Waals surface area contributed by atoms with E-state index in [4.69, 9.17) is 0 Å². The number of aliphatic hydroxyl groups is 2. The van der Waals surface area contributed by atoms with Crippen molar-refractivity contribution in [1.29, 1.82) is 0 Å². The molecule has 1 unspecified atom stereocenters. The average Bonchev–Trinajstić information content (AvgIpc) is 2.58. The van der Waals surface area contributed by atoms with Crippen molar-refractivity contribution < 1.29 is 15.0 Å². The zero-order chi connectivity index (χ0) is 11.8. The highest BCUT2D eigenvalue weighted by atomic mass is 16.3. The number of rotatable bonds is 3. The van der Waals surface area contributed by atoms with E-state index in [1.807, 2.05) is 25.1 Å². The number of anilines is 1. The number of carbonyl (C=O) groups is 1. The van der Waals surface area contributed by atoms with Crippen molar-refractivity contribution in [2.45, 2.75) is 18.8 Å². The third-order valence-electron chi connectivity index (χ3n) is 3.38. The summed E-state index contributed by atoms with van der Waals surface area (Å²) in [7, 11) is 0. The molecule has 0 aliphatic carbocycles. The van der Waals surface area contributed by atoms with E-state index in [0.29, 0.717) is 12.1 Å². The van der Waals surface area contributed by atoms with Gasteiger partial charge >= 0.3 is 0 Å². The summed E-state index contributed by atoms with van der Waals surface area (Å²) in [5.74, 6) is -0.221. The minimum Gasteiger partial charge on any atom is -0.395 e. The quantitative estimate of drug-likeness (QED) is 0.786. The Hall–Kier alpha value is -1.39. The van der Waals surface area contributed by atoms with Crippen molar-refractivity contribution in [3.05, 3.63) is 29.8 Å². The molecule has 0 saturated heterocycles. The topological polar surface area (TPSA) is 60.8 Å². The van der Waals surface area contributed by atoms with Crippen LogP contribution in [-0.4, -0.2) is 29.5 Å². The monoisotopic (exact) mass is 221 g/mol. The Balaban J connectivity index is 2.63. The molecule has 16 heavy (non-hydrogen) atoms. The van der Waals surface area contributed by atoms with Gasteiger partial charge in [0.1, 0.15) is 6.73 Å². The molecule has 1 aliphatic rings. The van der Waals surface area contributed by atoms with Crippen LogP contribution < -0.4 is 4.90 Å². The molecule has 2 N–H and O–H groups in total. The average molecular weight is 221 g/mol. The first-order valence-corrected chi connectivity index (χ1v) is 5.34. The number of amides is 1. The van der Waals surface area contributed by atoms with Gasteiger partial charge in [-0.1, -0.05) is 25.1 Å². The number of hydrogen-bond donors (Lipinski definition) is 2. The van der Waals surface area contributed by atoms with Gasteiger partial charge in [0, 0.05) is 0 Å². The first-order valence-electron chi connectivity index (χ1n) is 5.34. The fourth-order valence-corrected chi connectivity index (χ4v) is 2.34. The van der Waals surface area contributed by atoms with Gasteiger partial charge in [0.2, 0.25) is 5.91 Å². The van der Waals surface area contributed by atoms with Gasteiger partial charge < -0.3 is 10.2 Å². The molecule has 0 bridgehead atoms. The van der Waals surface area contributed by atoms with Crippen molar-refractivity contribution in [1.82, 2.24) is 0 Å². The van der Waals surface area contributed by atoms with Crippen LogP contribution >= 0.6 is 0 Å². The lowest BCUT2D eigenvalue weighted by atomic mass is 9.80. The fraction of sp³-hybridized carbons (Fsp3) is 0.417. The second-order valence-corrected chi connectivity index (χ2v) is 3.99. The molecule has 4 heteroatoms. The highest BCUT2D eigenvalue weighted by molar-refractivity contribution is 6.08. The number of para-hydroxylation sites is 1. The van der Waals surface area contributed by atoms with Crippen LogP contribution in [0.1, 0.15) is 18.9 Å². The van der Waals surface area contributed by atoms with E-state index in [2.05, 4.69) is 0 Å². The molecule has 0 fully saturated rings. The van der Waals surface area contributed by atoms with E-state index >= 15 is 0 Å². The summed E-state index contributed by atoms with van der Waals surface area (Å²) in [5, 5.41) is 18.7. The minimum absolute atomic E-state index is 0.221. The highest BCUT2D eigenvalue weighted by Gasteiger charge is 2.48. The number of fused-ring (bicyclic) bond motifs is 1. The van der Waals surface area contributed by atoms with Crippen LogP contribution in [-0.2, 0) is 10.2 Å². The Bertz CT molecular complexity index is 412. The number of carbonyl (C=O) groups excluding carboxylic acids is 1. The second-order valence-electron chi connectivity index (χ2n) is 3.99. The number of hydrogen-bond acceptors (Lipinski definition) is 3. The van der Waals surface area contributed by atoms with E-state index < -0.39 is 5.41 Å². The number of aliphatic hydroxyl groups excluding tert-OH is 2. The van der Waals surface area contributed by atoms with Crippen molar-refractivity contribution in [2.24, 2.45) is 0 Å². The van der Waals surface area contributed by atoms with Gasteiger partial charge in [-0.15, -0.1) is 0 Å². The lowest BCUT2D eigenvalue weighted by molar-refractivity contribution is -0.125. The van der Waals surface area contributed by atoms with Gasteiger partial charge in [-0.05, 0) is 18.1 Å². The summed E-state index contributed by atoms with van der Waals surface area (Å²) in [6.45, 7) is 1.29. The Kier molecular flexibility index (Phi) is 2.69. The zero-order valence-corrected chi connectivity index (χ0v) is 9.18. The summed E-state index contributed by atoms with van der Waals surface area (Å²) >= 11 is 0.